The normalized spacial score (nSPS) is 21.1. The largest absolute Gasteiger partial charge is 0.379 e. The summed E-state index contributed by atoms with van der Waals surface area (Å²) in [4.78, 5) is 16.9. The highest BCUT2D eigenvalue weighted by molar-refractivity contribution is 7.89. The van der Waals surface area contributed by atoms with E-state index in [0.29, 0.717) is 34.1 Å². The lowest BCUT2D eigenvalue weighted by atomic mass is 10.1. The van der Waals surface area contributed by atoms with Gasteiger partial charge < -0.3 is 15.8 Å². The SMILES string of the molecule is CN(C)S(=O)(=O)C[C@@H]1COC[C@@H]1NC(=O)c1cccc2nc(N)sc12. The number of aromatic nitrogens is 1. The predicted octanol–water partition coefficient (Wildman–Crippen LogP) is 0.515. The van der Waals surface area contributed by atoms with Gasteiger partial charge in [0, 0.05) is 20.0 Å². The molecule has 1 fully saturated rings. The molecule has 136 valence electrons. The van der Waals surface area contributed by atoms with Gasteiger partial charge in [0.1, 0.15) is 0 Å². The Bertz CT molecular complexity index is 894. The second-order valence-electron chi connectivity index (χ2n) is 6.14. The molecule has 3 rings (SSSR count). The molecule has 0 unspecified atom stereocenters. The van der Waals surface area contributed by atoms with E-state index in [-0.39, 0.29) is 23.6 Å². The molecule has 2 aromatic rings. The Kier molecular flexibility index (Phi) is 4.96. The summed E-state index contributed by atoms with van der Waals surface area (Å²) in [6.45, 7) is 0.593. The molecule has 0 spiro atoms. The third kappa shape index (κ3) is 3.76. The van der Waals surface area contributed by atoms with E-state index in [1.165, 1.54) is 29.7 Å². The lowest BCUT2D eigenvalue weighted by molar-refractivity contribution is 0.0928. The molecule has 1 aliphatic heterocycles. The van der Waals surface area contributed by atoms with Crippen LogP contribution in [0.5, 0.6) is 0 Å². The highest BCUT2D eigenvalue weighted by atomic mass is 32.2. The van der Waals surface area contributed by atoms with Gasteiger partial charge in [0.2, 0.25) is 10.0 Å². The molecule has 1 aliphatic rings. The van der Waals surface area contributed by atoms with E-state index in [2.05, 4.69) is 10.3 Å². The summed E-state index contributed by atoms with van der Waals surface area (Å²) in [6.07, 6.45) is 0. The van der Waals surface area contributed by atoms with Crippen LogP contribution in [-0.2, 0) is 14.8 Å². The number of nitrogens with one attached hydrogen (secondary N) is 1. The van der Waals surface area contributed by atoms with Crippen molar-refractivity contribution in [2.75, 3.05) is 38.8 Å². The van der Waals surface area contributed by atoms with E-state index in [9.17, 15) is 13.2 Å². The second-order valence-corrected chi connectivity index (χ2v) is 9.40. The molecule has 2 heterocycles. The molecule has 1 saturated heterocycles. The van der Waals surface area contributed by atoms with Crippen LogP contribution in [-0.4, -0.2) is 62.7 Å². The minimum atomic E-state index is -3.37. The first kappa shape index (κ1) is 18.1. The molecule has 0 radical (unpaired) electrons. The van der Waals surface area contributed by atoms with Gasteiger partial charge >= 0.3 is 0 Å². The number of nitrogens with two attached hydrogens (primary N) is 1. The molecule has 0 aliphatic carbocycles. The average molecular weight is 384 g/mol. The zero-order valence-corrected chi connectivity index (χ0v) is 15.6. The molecule has 2 atom stereocenters. The van der Waals surface area contributed by atoms with Crippen molar-refractivity contribution in [3.63, 3.8) is 0 Å². The standard InChI is InChI=1S/C15H20N4O4S2/c1-19(2)25(21,22)8-9-6-23-7-12(9)17-14(20)10-4-3-5-11-13(10)24-15(16)18-11/h3-5,9,12H,6-8H2,1-2H3,(H2,16,18)(H,17,20)/t9-,12-/m0/s1. The van der Waals surface area contributed by atoms with Crippen molar-refractivity contribution in [3.05, 3.63) is 23.8 Å². The molecule has 1 amide bonds. The second kappa shape index (κ2) is 6.87. The number of benzene rings is 1. The van der Waals surface area contributed by atoms with Crippen LogP contribution in [0.3, 0.4) is 0 Å². The Morgan fingerprint density at radius 2 is 2.20 bits per heavy atom. The molecule has 0 bridgehead atoms. The summed E-state index contributed by atoms with van der Waals surface area (Å²) in [7, 11) is -0.381. The van der Waals surface area contributed by atoms with Crippen LogP contribution in [0.4, 0.5) is 5.13 Å². The minimum Gasteiger partial charge on any atom is -0.379 e. The zero-order valence-electron chi connectivity index (χ0n) is 13.9. The van der Waals surface area contributed by atoms with E-state index in [4.69, 9.17) is 10.5 Å². The van der Waals surface area contributed by atoms with Gasteiger partial charge in [-0.2, -0.15) is 0 Å². The summed E-state index contributed by atoms with van der Waals surface area (Å²) >= 11 is 1.25. The molecular formula is C15H20N4O4S2. The average Bonchev–Trinajstić information content (AvgIpc) is 3.11. The first-order valence-electron chi connectivity index (χ1n) is 7.72. The Labute approximate surface area is 150 Å². The number of nitrogens with zero attached hydrogens (tertiary/aromatic N) is 2. The molecule has 3 N–H and O–H groups in total. The fourth-order valence-electron chi connectivity index (χ4n) is 2.73. The maximum atomic E-state index is 12.7. The van der Waals surface area contributed by atoms with Crippen molar-refractivity contribution >= 4 is 42.6 Å². The van der Waals surface area contributed by atoms with E-state index in [1.54, 1.807) is 18.2 Å². The number of thiazole rings is 1. The van der Waals surface area contributed by atoms with Crippen molar-refractivity contribution in [1.29, 1.82) is 0 Å². The maximum absolute atomic E-state index is 12.7. The third-order valence-electron chi connectivity index (χ3n) is 4.17. The minimum absolute atomic E-state index is 0.0668. The maximum Gasteiger partial charge on any atom is 0.253 e. The number of hydrogen-bond acceptors (Lipinski definition) is 7. The number of anilines is 1. The molecule has 1 aromatic carbocycles. The monoisotopic (exact) mass is 384 g/mol. The van der Waals surface area contributed by atoms with Gasteiger partial charge in [-0.15, -0.1) is 0 Å². The van der Waals surface area contributed by atoms with E-state index >= 15 is 0 Å². The highest BCUT2D eigenvalue weighted by Crippen LogP contribution is 2.27. The summed E-state index contributed by atoms with van der Waals surface area (Å²) in [5, 5.41) is 3.30. The van der Waals surface area contributed by atoms with Crippen molar-refractivity contribution in [1.82, 2.24) is 14.6 Å². The summed E-state index contributed by atoms with van der Waals surface area (Å²) in [5.41, 5.74) is 6.88. The highest BCUT2D eigenvalue weighted by Gasteiger charge is 2.34. The van der Waals surface area contributed by atoms with Crippen molar-refractivity contribution in [2.24, 2.45) is 5.92 Å². The van der Waals surface area contributed by atoms with Crippen molar-refractivity contribution in [3.8, 4) is 0 Å². The number of sulfonamides is 1. The predicted molar refractivity (Wildman–Crippen MR) is 97.1 cm³/mol. The van der Waals surface area contributed by atoms with Gasteiger partial charge in [0.25, 0.3) is 5.91 Å². The number of hydrogen-bond donors (Lipinski definition) is 2. The van der Waals surface area contributed by atoms with Gasteiger partial charge in [0.15, 0.2) is 5.13 Å². The number of ether oxygens (including phenoxy) is 1. The molecule has 25 heavy (non-hydrogen) atoms. The number of nitrogen functional groups attached to an aromatic ring is 1. The Morgan fingerprint density at radius 3 is 2.92 bits per heavy atom. The molecule has 0 saturated carbocycles. The lowest BCUT2D eigenvalue weighted by Crippen LogP contribution is -2.43. The van der Waals surface area contributed by atoms with E-state index < -0.39 is 10.0 Å². The Morgan fingerprint density at radius 1 is 1.44 bits per heavy atom. The fraction of sp³-hybridized carbons (Fsp3) is 0.467. The van der Waals surface area contributed by atoms with Gasteiger partial charge in [-0.05, 0) is 12.1 Å². The van der Waals surface area contributed by atoms with Crippen LogP contribution < -0.4 is 11.1 Å². The van der Waals surface area contributed by atoms with Gasteiger partial charge in [0.05, 0.1) is 40.8 Å². The molecular weight excluding hydrogens is 364 g/mol. The number of carbonyl (C=O) groups excluding carboxylic acids is 1. The Balaban J connectivity index is 1.77. The fourth-order valence-corrected chi connectivity index (χ4v) is 4.74. The topological polar surface area (TPSA) is 115 Å². The van der Waals surface area contributed by atoms with Crippen LogP contribution in [0.2, 0.25) is 0 Å². The Hall–Kier alpha value is -1.75. The number of rotatable bonds is 5. The van der Waals surface area contributed by atoms with Crippen LogP contribution in [0.15, 0.2) is 18.2 Å². The van der Waals surface area contributed by atoms with Crippen molar-refractivity contribution in [2.45, 2.75) is 6.04 Å². The van der Waals surface area contributed by atoms with Gasteiger partial charge in [-0.1, -0.05) is 17.4 Å². The van der Waals surface area contributed by atoms with Crippen LogP contribution in [0.1, 0.15) is 10.4 Å². The van der Waals surface area contributed by atoms with Crippen molar-refractivity contribution < 1.29 is 17.9 Å². The summed E-state index contributed by atoms with van der Waals surface area (Å²) in [6, 6.07) is 4.89. The first-order valence-corrected chi connectivity index (χ1v) is 10.1. The van der Waals surface area contributed by atoms with Crippen LogP contribution in [0.25, 0.3) is 10.2 Å². The molecule has 8 nitrogen and oxygen atoms in total. The third-order valence-corrected chi connectivity index (χ3v) is 7.07. The number of fused-ring (bicyclic) bond motifs is 1. The summed E-state index contributed by atoms with van der Waals surface area (Å²) in [5.74, 6) is -0.637. The number of carbonyl (C=O) groups is 1. The van der Waals surface area contributed by atoms with Crippen LogP contribution >= 0.6 is 11.3 Å². The quantitative estimate of drug-likeness (QED) is 0.776. The number of amides is 1. The van der Waals surface area contributed by atoms with Crippen LogP contribution in [0, 0.1) is 5.92 Å². The van der Waals surface area contributed by atoms with Gasteiger partial charge in [-0.25, -0.2) is 17.7 Å². The molecule has 1 aromatic heterocycles. The zero-order chi connectivity index (χ0) is 18.2. The summed E-state index contributed by atoms with van der Waals surface area (Å²) < 4.78 is 31.5. The molecule has 10 heteroatoms. The van der Waals surface area contributed by atoms with E-state index in [0.717, 1.165) is 0 Å². The smallest absolute Gasteiger partial charge is 0.253 e. The van der Waals surface area contributed by atoms with Gasteiger partial charge in [-0.3, -0.25) is 4.79 Å². The van der Waals surface area contributed by atoms with E-state index in [1.807, 2.05) is 0 Å². The lowest BCUT2D eigenvalue weighted by Gasteiger charge is -2.21. The first-order chi connectivity index (χ1) is 11.8.